The molecule has 2 fully saturated rings. The van der Waals surface area contributed by atoms with Crippen molar-refractivity contribution in [3.05, 3.63) is 54.0 Å². The van der Waals surface area contributed by atoms with Gasteiger partial charge in [0, 0.05) is 51.4 Å². The average molecular weight is 425 g/mol. The maximum Gasteiger partial charge on any atom is 0.255 e. The van der Waals surface area contributed by atoms with Crippen LogP contribution in [0.5, 0.6) is 0 Å². The van der Waals surface area contributed by atoms with Gasteiger partial charge in [-0.2, -0.15) is 0 Å². The number of fused-ring (bicyclic) bond motifs is 1. The van der Waals surface area contributed by atoms with Crippen LogP contribution in [-0.2, 0) is 0 Å². The molecular formula is C23H25F2N5O. The number of hydrogen-bond acceptors (Lipinski definition) is 5. The van der Waals surface area contributed by atoms with Crippen molar-refractivity contribution in [2.24, 2.45) is 17.8 Å². The summed E-state index contributed by atoms with van der Waals surface area (Å²) in [7, 11) is 1.78. The second kappa shape index (κ2) is 7.59. The molecule has 1 amide bonds. The first-order valence-corrected chi connectivity index (χ1v) is 10.7. The Balaban J connectivity index is 1.25. The number of likely N-dealkylation sites (tertiary alicyclic amines) is 1. The highest BCUT2D eigenvalue weighted by atomic mass is 19.3. The molecular weight excluding hydrogens is 400 g/mol. The van der Waals surface area contributed by atoms with Crippen LogP contribution in [0, 0.1) is 17.8 Å². The van der Waals surface area contributed by atoms with Gasteiger partial charge in [-0.3, -0.25) is 9.78 Å². The number of carbonyl (C=O) groups excluding carboxylic acids is 1. The minimum Gasteiger partial charge on any atom is -0.382 e. The van der Waals surface area contributed by atoms with Gasteiger partial charge in [0.1, 0.15) is 5.82 Å². The molecule has 3 aliphatic rings. The minimum atomic E-state index is -2.53. The van der Waals surface area contributed by atoms with Crippen molar-refractivity contribution in [1.29, 1.82) is 0 Å². The lowest BCUT2D eigenvalue weighted by Gasteiger charge is -2.17. The molecule has 2 aromatic heterocycles. The fraction of sp³-hybridized carbons (Fsp3) is 0.435. The van der Waals surface area contributed by atoms with Crippen LogP contribution < -0.4 is 10.6 Å². The number of pyridine rings is 2. The highest BCUT2D eigenvalue weighted by Gasteiger charge is 2.56. The zero-order chi connectivity index (χ0) is 21.6. The lowest BCUT2D eigenvalue weighted by atomic mass is 9.99. The maximum absolute atomic E-state index is 13.1. The second-order valence-corrected chi connectivity index (χ2v) is 8.66. The lowest BCUT2D eigenvalue weighted by Crippen LogP contribution is -2.29. The summed E-state index contributed by atoms with van der Waals surface area (Å²) in [5.74, 6) is -1.71. The molecule has 0 spiro atoms. The number of hydrogen-bond donors (Lipinski definition) is 2. The zero-order valence-corrected chi connectivity index (χ0v) is 17.3. The van der Waals surface area contributed by atoms with E-state index in [0.29, 0.717) is 29.8 Å². The van der Waals surface area contributed by atoms with E-state index in [1.807, 2.05) is 17.0 Å². The number of carbonyl (C=O) groups is 1. The van der Waals surface area contributed by atoms with Gasteiger partial charge in [-0.15, -0.1) is 0 Å². The van der Waals surface area contributed by atoms with Gasteiger partial charge in [-0.25, -0.2) is 13.8 Å². The van der Waals surface area contributed by atoms with Crippen molar-refractivity contribution in [2.75, 3.05) is 37.3 Å². The third-order valence-electron chi connectivity index (χ3n) is 6.54. The van der Waals surface area contributed by atoms with Crippen LogP contribution in [-0.4, -0.2) is 53.4 Å². The van der Waals surface area contributed by atoms with E-state index in [9.17, 15) is 13.6 Å². The van der Waals surface area contributed by atoms with Crippen molar-refractivity contribution in [3.63, 3.8) is 0 Å². The van der Waals surface area contributed by atoms with E-state index in [-0.39, 0.29) is 18.9 Å². The third-order valence-corrected chi connectivity index (χ3v) is 6.54. The second-order valence-electron chi connectivity index (χ2n) is 8.66. The Morgan fingerprint density at radius 2 is 2.13 bits per heavy atom. The van der Waals surface area contributed by atoms with Crippen LogP contribution in [0.3, 0.4) is 0 Å². The molecule has 31 heavy (non-hydrogen) atoms. The molecule has 2 aromatic rings. The average Bonchev–Trinajstić information content (AvgIpc) is 3.08. The van der Waals surface area contributed by atoms with Crippen molar-refractivity contribution in [3.8, 4) is 0 Å². The number of nitrogens with zero attached hydrogens (tertiary/aromatic N) is 3. The fourth-order valence-electron chi connectivity index (χ4n) is 4.63. The summed E-state index contributed by atoms with van der Waals surface area (Å²) in [4.78, 5) is 23.4. The van der Waals surface area contributed by atoms with Gasteiger partial charge < -0.3 is 15.5 Å². The van der Waals surface area contributed by atoms with E-state index >= 15 is 0 Å². The number of rotatable bonds is 6. The zero-order valence-electron chi connectivity index (χ0n) is 17.3. The Hall–Kier alpha value is -3.03. The molecule has 3 atom stereocenters. The van der Waals surface area contributed by atoms with E-state index in [4.69, 9.17) is 4.98 Å². The Morgan fingerprint density at radius 3 is 2.81 bits per heavy atom. The summed E-state index contributed by atoms with van der Waals surface area (Å²) >= 11 is 0. The Kier molecular flexibility index (Phi) is 4.87. The SMILES string of the molecule is CNc1nc(C2=CC3CN(C(=O)c4cccnc4)CC3C2)ccc1NCC1CC1(F)F. The number of halogens is 2. The lowest BCUT2D eigenvalue weighted by molar-refractivity contribution is 0.0784. The minimum absolute atomic E-state index is 0.0321. The smallest absolute Gasteiger partial charge is 0.255 e. The first-order valence-electron chi connectivity index (χ1n) is 10.7. The number of anilines is 2. The van der Waals surface area contributed by atoms with Gasteiger partial charge >= 0.3 is 0 Å². The van der Waals surface area contributed by atoms with Gasteiger partial charge in [0.25, 0.3) is 11.8 Å². The summed E-state index contributed by atoms with van der Waals surface area (Å²) in [6.07, 6.45) is 6.34. The summed E-state index contributed by atoms with van der Waals surface area (Å²) in [5, 5.41) is 6.17. The first-order chi connectivity index (χ1) is 14.9. The van der Waals surface area contributed by atoms with E-state index in [2.05, 4.69) is 21.7 Å². The highest BCUT2D eigenvalue weighted by Crippen LogP contribution is 2.48. The molecule has 0 aromatic carbocycles. The van der Waals surface area contributed by atoms with E-state index in [0.717, 1.165) is 24.3 Å². The number of aromatic nitrogens is 2. The molecule has 0 radical (unpaired) electrons. The van der Waals surface area contributed by atoms with Gasteiger partial charge in [-0.1, -0.05) is 6.08 Å². The summed E-state index contributed by atoms with van der Waals surface area (Å²) in [6, 6.07) is 7.43. The number of alkyl halides is 2. The van der Waals surface area contributed by atoms with E-state index in [1.165, 1.54) is 5.57 Å². The maximum atomic E-state index is 13.1. The molecule has 5 rings (SSSR count). The van der Waals surface area contributed by atoms with Crippen LogP contribution in [0.15, 0.2) is 42.7 Å². The monoisotopic (exact) mass is 425 g/mol. The van der Waals surface area contributed by atoms with E-state index in [1.54, 1.807) is 31.6 Å². The van der Waals surface area contributed by atoms with Crippen molar-refractivity contribution >= 4 is 23.0 Å². The highest BCUT2D eigenvalue weighted by molar-refractivity contribution is 5.94. The largest absolute Gasteiger partial charge is 0.382 e. The molecule has 3 unspecified atom stereocenters. The molecule has 6 nitrogen and oxygen atoms in total. The summed E-state index contributed by atoms with van der Waals surface area (Å²) < 4.78 is 26.3. The van der Waals surface area contributed by atoms with Crippen molar-refractivity contribution < 1.29 is 13.6 Å². The molecule has 2 aliphatic carbocycles. The number of allylic oxidation sites excluding steroid dienone is 1. The molecule has 1 aliphatic heterocycles. The Labute approximate surface area is 179 Å². The molecule has 2 N–H and O–H groups in total. The predicted molar refractivity (Wildman–Crippen MR) is 115 cm³/mol. The van der Waals surface area contributed by atoms with Crippen LogP contribution in [0.4, 0.5) is 20.3 Å². The molecule has 1 saturated heterocycles. The summed E-state index contributed by atoms with van der Waals surface area (Å²) in [6.45, 7) is 1.68. The normalized spacial score (nSPS) is 25.7. The quantitative estimate of drug-likeness (QED) is 0.738. The molecule has 1 saturated carbocycles. The first kappa shape index (κ1) is 19.9. The number of amides is 1. The Bertz CT molecular complexity index is 1030. The van der Waals surface area contributed by atoms with Gasteiger partial charge in [0.15, 0.2) is 0 Å². The summed E-state index contributed by atoms with van der Waals surface area (Å²) in [5.41, 5.74) is 3.44. The molecule has 162 valence electrons. The fourth-order valence-corrected chi connectivity index (χ4v) is 4.63. The topological polar surface area (TPSA) is 70.2 Å². The predicted octanol–water partition coefficient (Wildman–Crippen LogP) is 3.76. The van der Waals surface area contributed by atoms with Crippen molar-refractivity contribution in [1.82, 2.24) is 14.9 Å². The number of nitrogens with one attached hydrogen (secondary N) is 2. The van der Waals surface area contributed by atoms with Gasteiger partial charge in [0.2, 0.25) is 0 Å². The van der Waals surface area contributed by atoms with Gasteiger partial charge in [-0.05, 0) is 48.1 Å². The standard InChI is InChI=1S/C23H25F2N5O/c1-26-21-20(28-11-18-9-23(18,24)25)5-4-19(29-21)15-7-16-12-30(13-17(16)8-15)22(31)14-3-2-6-27-10-14/h2-7,10,16-18,28H,8-9,11-13H2,1H3,(H,26,29). The van der Waals surface area contributed by atoms with Crippen molar-refractivity contribution in [2.45, 2.75) is 18.8 Å². The molecule has 3 heterocycles. The van der Waals surface area contributed by atoms with Gasteiger partial charge in [0.05, 0.1) is 16.9 Å². The van der Waals surface area contributed by atoms with E-state index < -0.39 is 11.8 Å². The third kappa shape index (κ3) is 3.86. The van der Waals surface area contributed by atoms with Crippen LogP contribution in [0.25, 0.3) is 5.57 Å². The Morgan fingerprint density at radius 1 is 1.29 bits per heavy atom. The van der Waals surface area contributed by atoms with Crippen LogP contribution in [0.1, 0.15) is 28.9 Å². The molecule has 0 bridgehead atoms. The molecule has 8 heteroatoms. The van der Waals surface area contributed by atoms with Crippen LogP contribution in [0.2, 0.25) is 0 Å². The van der Waals surface area contributed by atoms with Crippen LogP contribution >= 0.6 is 0 Å².